The van der Waals surface area contributed by atoms with Crippen molar-refractivity contribution < 1.29 is 47.7 Å². The van der Waals surface area contributed by atoms with Crippen LogP contribution in [-0.2, 0) is 26.2 Å². The predicted molar refractivity (Wildman–Crippen MR) is 482 cm³/mol. The van der Waals surface area contributed by atoms with Crippen molar-refractivity contribution in [2.75, 3.05) is 88.8 Å². The molecule has 0 aliphatic heterocycles. The van der Waals surface area contributed by atoms with Crippen molar-refractivity contribution in [3.05, 3.63) is 290 Å². The summed E-state index contributed by atoms with van der Waals surface area (Å²) in [6.07, 6.45) is 10.4. The summed E-state index contributed by atoms with van der Waals surface area (Å²) in [4.78, 5) is 60.1. The molecule has 28 nitrogen and oxygen atoms in total. The Kier molecular flexibility index (Phi) is 29.1. The Morgan fingerprint density at radius 2 is 0.533 bits per heavy atom. The number of benzene rings is 10. The second-order valence-electron chi connectivity index (χ2n) is 29.0. The number of pyridine rings is 4. The van der Waals surface area contributed by atoms with Crippen LogP contribution in [0.2, 0.25) is 0 Å². The molecule has 14 rings (SSSR count). The van der Waals surface area contributed by atoms with E-state index in [1.165, 1.54) is 0 Å². The molecule has 0 saturated carbocycles. The average Bonchev–Trinajstić information content (AvgIpc) is 0.793. The zero-order valence-electron chi connectivity index (χ0n) is 67.0. The highest BCUT2D eigenvalue weighted by atomic mass is 16.3. The molecule has 122 heavy (non-hydrogen) atoms. The number of hydrogen-bond donors (Lipinski definition) is 8. The number of aromatic hydroxyl groups is 2. The minimum atomic E-state index is -0.140. The van der Waals surface area contributed by atoms with Gasteiger partial charge < -0.3 is 64.2 Å². The Hall–Kier alpha value is -15.5. The van der Waals surface area contributed by atoms with Gasteiger partial charge in [-0.1, -0.05) is 87.6 Å². The number of nitrogen functional groups attached to an aromatic ring is 6. The van der Waals surface area contributed by atoms with Crippen LogP contribution in [0.1, 0.15) is 82.0 Å². The molecule has 4 amide bonds. The van der Waals surface area contributed by atoms with E-state index in [0.29, 0.717) is 191 Å². The Labute approximate surface area is 708 Å². The summed E-state index contributed by atoms with van der Waals surface area (Å²) in [5.74, 6) is 2.34. The van der Waals surface area contributed by atoms with Crippen LogP contribution in [0, 0.1) is 0 Å². The lowest BCUT2D eigenvalue weighted by Crippen LogP contribution is -2.36. The van der Waals surface area contributed by atoms with E-state index in [-0.39, 0.29) is 50.0 Å². The molecule has 4 aromatic heterocycles. The summed E-state index contributed by atoms with van der Waals surface area (Å²) in [5, 5.41) is 62.3. The number of hydrogen-bond acceptors (Lipinski definition) is 20. The zero-order valence-corrected chi connectivity index (χ0v) is 67.0. The van der Waals surface area contributed by atoms with Crippen molar-refractivity contribution in [1.82, 2.24) is 19.6 Å². The molecule has 14 N–H and O–H groups in total. The largest absolute Gasteiger partial charge is 0.508 e. The number of rotatable bonds is 28. The number of aromatic nitrogens is 4. The van der Waals surface area contributed by atoms with Crippen molar-refractivity contribution in [2.24, 2.45) is 40.9 Å². The number of nitrogens with zero attached hydrogens (tertiary/aromatic N) is 16. The lowest BCUT2D eigenvalue weighted by Gasteiger charge is -2.18. The highest BCUT2D eigenvalue weighted by molar-refractivity contribution is 6.07. The van der Waals surface area contributed by atoms with Gasteiger partial charge >= 0.3 is 23.3 Å². The van der Waals surface area contributed by atoms with Gasteiger partial charge in [-0.3, -0.25) is 19.2 Å². The summed E-state index contributed by atoms with van der Waals surface area (Å²) in [6, 6.07) is 72.2. The molecule has 28 heteroatoms. The molecule has 14 aromatic rings. The third-order valence-electron chi connectivity index (χ3n) is 20.6. The van der Waals surface area contributed by atoms with E-state index in [2.05, 4.69) is 40.9 Å². The topological polar surface area (TPSA) is 392 Å². The van der Waals surface area contributed by atoms with Gasteiger partial charge in [0.25, 0.3) is 23.6 Å². The average molecular weight is 1640 g/mol. The molecule has 0 atom stereocenters. The van der Waals surface area contributed by atoms with Crippen molar-refractivity contribution in [3.8, 4) is 11.5 Å². The van der Waals surface area contributed by atoms with Crippen LogP contribution < -0.4 is 52.7 Å². The maximum atomic E-state index is 13.3. The summed E-state index contributed by atoms with van der Waals surface area (Å²) in [6.45, 7) is 4.45. The Morgan fingerprint density at radius 3 is 0.820 bits per heavy atom. The molecule has 0 aliphatic rings. The first kappa shape index (κ1) is 87.4. The van der Waals surface area contributed by atoms with E-state index >= 15 is 0 Å². The monoisotopic (exact) mass is 1630 g/mol. The third kappa shape index (κ3) is 21.1. The van der Waals surface area contributed by atoms with Crippen LogP contribution in [0.15, 0.2) is 308 Å². The molecule has 10 aromatic carbocycles. The number of nitrogens with two attached hydrogens (primary N) is 6. The minimum absolute atomic E-state index is 0. The molecule has 0 saturated heterocycles. The number of carbonyl (C=O) groups is 4. The number of phenolic OH excluding ortho intramolecular Hbond substituents is 2. The standard InChI is InChI=1S/C46H46N12O2.C46H44N10O4.2CH4/c1-55(23-11-27-57-25-9-7-17-41(57)53-51-39-29-37(47)43(49)35-15-5-3-13-33(35)39)45(59)31-19-21-32(22-20-31)46(60)56(2)24-12-28-58-26-10-8-18-42(58)54-52-40-30-38(48)44(50)36-16-6-4-14-34(36)40;1-53(23-7-27-55-25-5-3-9-43(55)51-49-41-21-19-39(47)37-29-33(57)15-17-35(37)41)45(59)31-11-13-32(14-12-31)46(60)54(2)24-8-28-56-26-6-4-10-44(56)52-50-42-22-20-40(48)38-30-34(58)16-18-36(38)42;;/h3-10,13-22,25-26,29-30,49-50H,11-12,23-24,27-28H2,1-2H3,(H4,47,48,51,52);3-6,9-22,25-26,29-30,47-48H,7-8,23-24,27-28H2,1-2H3,(H2,49,50,57,58);2*1H4/p+4. The SMILES string of the molecule is C.C.CN(CCC[n+]1ccccc1N=Nc1cc(N)c(N)c2ccccc12)C(=O)c1ccc(C(=O)N(C)CCC[n+]2ccccc2N=Nc2cc(N)c(N)c3ccccc23)cc1.CN(CCC[n+]1ccccc1N=Nc1ccc(N)c2cc(O)ccc12)C(=O)c1ccc(C(=O)N(C)CCC[n+]2ccccc2N=Nc2ccc(N)c3cc(O)ccc23)cc1. The molecular weight excluding hydrogens is 1530 g/mol. The highest BCUT2D eigenvalue weighted by Gasteiger charge is 2.23. The van der Waals surface area contributed by atoms with Crippen LogP contribution >= 0.6 is 0 Å². The molecule has 620 valence electrons. The van der Waals surface area contributed by atoms with Gasteiger partial charge in [0.05, 0.1) is 94.2 Å². The Morgan fingerprint density at radius 1 is 0.279 bits per heavy atom. The fourth-order valence-corrected chi connectivity index (χ4v) is 13.9. The van der Waals surface area contributed by atoms with Gasteiger partial charge in [-0.15, -0.1) is 0 Å². The van der Waals surface area contributed by atoms with Gasteiger partial charge in [0.2, 0.25) is 0 Å². The number of azo groups is 4. The van der Waals surface area contributed by atoms with Crippen LogP contribution in [-0.4, -0.2) is 108 Å². The number of fused-ring (bicyclic) bond motifs is 4. The Bertz CT molecular complexity index is 5890. The van der Waals surface area contributed by atoms with Gasteiger partial charge in [0.1, 0.15) is 34.2 Å². The van der Waals surface area contributed by atoms with E-state index in [0.717, 1.165) is 32.3 Å². The maximum Gasteiger partial charge on any atom is 0.350 e. The van der Waals surface area contributed by atoms with Crippen molar-refractivity contribution >= 4 is 147 Å². The van der Waals surface area contributed by atoms with Gasteiger partial charge in [0.15, 0.2) is 0 Å². The normalized spacial score (nSPS) is 11.3. The number of aryl methyl sites for hydroxylation is 4. The molecule has 0 radical (unpaired) electrons. The van der Waals surface area contributed by atoms with E-state index in [1.807, 2.05) is 164 Å². The van der Waals surface area contributed by atoms with E-state index in [9.17, 15) is 29.4 Å². The fraction of sp³-hybridized carbons (Fsp3) is 0.191. The second kappa shape index (κ2) is 40.6. The number of anilines is 6. The molecule has 0 spiro atoms. The van der Waals surface area contributed by atoms with Crippen LogP contribution in [0.5, 0.6) is 11.5 Å². The molecule has 0 aliphatic carbocycles. The lowest BCUT2D eigenvalue weighted by atomic mass is 10.1. The van der Waals surface area contributed by atoms with E-state index in [1.54, 1.807) is 169 Å². The number of phenols is 2. The maximum absolute atomic E-state index is 13.3. The summed E-state index contributed by atoms with van der Waals surface area (Å²) in [5.41, 5.74) is 44.5. The summed E-state index contributed by atoms with van der Waals surface area (Å²) >= 11 is 0. The van der Waals surface area contributed by atoms with Crippen LogP contribution in [0.4, 0.5) is 80.1 Å². The molecule has 0 fully saturated rings. The number of amides is 4. The quantitative estimate of drug-likeness (QED) is 0.0129. The summed E-state index contributed by atoms with van der Waals surface area (Å²) < 4.78 is 7.94. The molecular formula is C94H102N22O6+4. The Balaban J connectivity index is 0.000000234. The van der Waals surface area contributed by atoms with E-state index < -0.39 is 0 Å². The van der Waals surface area contributed by atoms with Gasteiger partial charge in [0, 0.05) is 181 Å². The smallest absolute Gasteiger partial charge is 0.350 e. The minimum Gasteiger partial charge on any atom is -0.508 e. The van der Waals surface area contributed by atoms with Gasteiger partial charge in [-0.2, -0.15) is 0 Å². The predicted octanol–water partition coefficient (Wildman–Crippen LogP) is 17.6. The first-order chi connectivity index (χ1) is 58.1. The van der Waals surface area contributed by atoms with Gasteiger partial charge in [-0.05, 0) is 166 Å². The summed E-state index contributed by atoms with van der Waals surface area (Å²) in [7, 11) is 7.07. The fourth-order valence-electron chi connectivity index (χ4n) is 13.9. The van der Waals surface area contributed by atoms with Gasteiger partial charge in [-0.25, -0.2) is 18.3 Å². The third-order valence-corrected chi connectivity index (χ3v) is 20.6. The first-order valence-corrected chi connectivity index (χ1v) is 39.1. The zero-order chi connectivity index (χ0) is 84.3. The lowest BCUT2D eigenvalue weighted by molar-refractivity contribution is -0.684. The van der Waals surface area contributed by atoms with Crippen molar-refractivity contribution in [2.45, 2.75) is 66.7 Å². The second-order valence-corrected chi connectivity index (χ2v) is 29.0. The first-order valence-electron chi connectivity index (χ1n) is 39.1. The molecule has 4 heterocycles. The van der Waals surface area contributed by atoms with Crippen molar-refractivity contribution in [1.29, 1.82) is 0 Å². The molecule has 0 bridgehead atoms. The van der Waals surface area contributed by atoms with Crippen LogP contribution in [0.25, 0.3) is 43.1 Å². The van der Waals surface area contributed by atoms with Crippen molar-refractivity contribution in [3.63, 3.8) is 0 Å². The number of carbonyl (C=O) groups excluding carboxylic acids is 4. The van der Waals surface area contributed by atoms with E-state index in [4.69, 9.17) is 34.4 Å². The van der Waals surface area contributed by atoms with Crippen LogP contribution in [0.3, 0.4) is 0 Å². The molecule has 0 unspecified atom stereocenters. The highest BCUT2D eigenvalue weighted by Crippen LogP contribution is 2.39.